The normalized spacial score (nSPS) is 19.6. The lowest BCUT2D eigenvalue weighted by Gasteiger charge is -2.37. The van der Waals surface area contributed by atoms with Gasteiger partial charge < -0.3 is 14.2 Å². The number of benzene rings is 1. The second-order valence-corrected chi connectivity index (χ2v) is 9.24. The van der Waals surface area contributed by atoms with Gasteiger partial charge >= 0.3 is 0 Å². The van der Waals surface area contributed by atoms with E-state index in [2.05, 4.69) is 12.0 Å². The van der Waals surface area contributed by atoms with Crippen LogP contribution >= 0.6 is 0 Å². The zero-order valence-electron chi connectivity index (χ0n) is 19.0. The number of hydrogen-bond donors (Lipinski definition) is 0. The number of carbonyl (C=O) groups is 2. The Balaban J connectivity index is 1.32. The summed E-state index contributed by atoms with van der Waals surface area (Å²) in [6, 6.07) is 15.1. The molecule has 2 aliphatic rings. The minimum Gasteiger partial charge on any atom is -0.463 e. The van der Waals surface area contributed by atoms with Crippen LogP contribution in [0.15, 0.2) is 59.2 Å². The summed E-state index contributed by atoms with van der Waals surface area (Å²) in [4.78, 5) is 30.4. The molecular formula is C26H30N4O3. The number of piperidine rings is 2. The van der Waals surface area contributed by atoms with Gasteiger partial charge in [-0.25, -0.2) is 4.68 Å². The molecule has 2 saturated heterocycles. The predicted octanol–water partition coefficient (Wildman–Crippen LogP) is 4.24. The number of para-hydroxylation sites is 1. The van der Waals surface area contributed by atoms with Crippen LogP contribution in [0.25, 0.3) is 17.1 Å². The van der Waals surface area contributed by atoms with Gasteiger partial charge in [-0.15, -0.1) is 0 Å². The Morgan fingerprint density at radius 3 is 2.45 bits per heavy atom. The van der Waals surface area contributed by atoms with Crippen LogP contribution in [0, 0.1) is 11.8 Å². The summed E-state index contributed by atoms with van der Waals surface area (Å²) < 4.78 is 7.20. The van der Waals surface area contributed by atoms with Crippen LogP contribution in [0.4, 0.5) is 0 Å². The molecule has 33 heavy (non-hydrogen) atoms. The third-order valence-electron chi connectivity index (χ3n) is 6.80. The van der Waals surface area contributed by atoms with Crippen molar-refractivity contribution in [1.82, 2.24) is 19.6 Å². The molecule has 2 aliphatic heterocycles. The van der Waals surface area contributed by atoms with Crippen LogP contribution in [0.5, 0.6) is 0 Å². The maximum absolute atomic E-state index is 13.5. The lowest BCUT2D eigenvalue weighted by atomic mass is 9.92. The Labute approximate surface area is 194 Å². The predicted molar refractivity (Wildman–Crippen MR) is 125 cm³/mol. The van der Waals surface area contributed by atoms with E-state index in [1.165, 1.54) is 6.42 Å². The number of aromatic nitrogens is 2. The van der Waals surface area contributed by atoms with Gasteiger partial charge in [0.2, 0.25) is 5.91 Å². The monoisotopic (exact) mass is 446 g/mol. The fourth-order valence-electron chi connectivity index (χ4n) is 4.98. The molecule has 0 N–H and O–H groups in total. The van der Waals surface area contributed by atoms with E-state index in [-0.39, 0.29) is 17.7 Å². The Morgan fingerprint density at radius 2 is 1.76 bits per heavy atom. The highest BCUT2D eigenvalue weighted by Gasteiger charge is 2.33. The summed E-state index contributed by atoms with van der Waals surface area (Å²) >= 11 is 0. The highest BCUT2D eigenvalue weighted by Crippen LogP contribution is 2.27. The Morgan fingerprint density at radius 1 is 0.970 bits per heavy atom. The van der Waals surface area contributed by atoms with E-state index < -0.39 is 0 Å². The lowest BCUT2D eigenvalue weighted by molar-refractivity contribution is -0.138. The van der Waals surface area contributed by atoms with E-state index in [1.807, 2.05) is 52.3 Å². The number of carbonyl (C=O) groups excluding carboxylic acids is 2. The number of nitrogens with zero attached hydrogens (tertiary/aromatic N) is 4. The molecule has 7 nitrogen and oxygen atoms in total. The highest BCUT2D eigenvalue weighted by molar-refractivity contribution is 5.94. The van der Waals surface area contributed by atoms with Crippen LogP contribution in [0.3, 0.4) is 0 Å². The molecule has 2 aromatic heterocycles. The van der Waals surface area contributed by atoms with Crippen molar-refractivity contribution in [2.45, 2.75) is 32.6 Å². The van der Waals surface area contributed by atoms with Gasteiger partial charge in [-0.2, -0.15) is 5.10 Å². The molecule has 2 amide bonds. The van der Waals surface area contributed by atoms with Gasteiger partial charge in [0, 0.05) is 38.2 Å². The van der Waals surface area contributed by atoms with Crippen molar-refractivity contribution in [1.29, 1.82) is 0 Å². The average molecular weight is 447 g/mol. The van der Waals surface area contributed by atoms with E-state index in [0.717, 1.165) is 25.2 Å². The fraction of sp³-hybridized carbons (Fsp3) is 0.423. The van der Waals surface area contributed by atoms with Crippen molar-refractivity contribution in [3.8, 4) is 17.1 Å². The summed E-state index contributed by atoms with van der Waals surface area (Å²) in [5.41, 5.74) is 1.95. The fourth-order valence-corrected chi connectivity index (χ4v) is 4.98. The third kappa shape index (κ3) is 4.45. The minimum absolute atomic E-state index is 0.0112. The third-order valence-corrected chi connectivity index (χ3v) is 6.80. The van der Waals surface area contributed by atoms with Gasteiger partial charge in [-0.3, -0.25) is 9.59 Å². The maximum atomic E-state index is 13.5. The molecule has 0 spiro atoms. The molecule has 0 radical (unpaired) electrons. The summed E-state index contributed by atoms with van der Waals surface area (Å²) in [6.07, 6.45) is 5.31. The zero-order valence-corrected chi connectivity index (χ0v) is 19.0. The molecule has 0 aliphatic carbocycles. The largest absolute Gasteiger partial charge is 0.463 e. The first-order chi connectivity index (χ1) is 16.1. The van der Waals surface area contributed by atoms with Gasteiger partial charge in [-0.1, -0.05) is 25.1 Å². The maximum Gasteiger partial charge on any atom is 0.272 e. The molecule has 1 atom stereocenters. The molecule has 172 valence electrons. The number of rotatable bonds is 4. The van der Waals surface area contributed by atoms with Gasteiger partial charge in [0.25, 0.3) is 5.91 Å². The van der Waals surface area contributed by atoms with Gasteiger partial charge in [-0.05, 0) is 55.9 Å². The smallest absolute Gasteiger partial charge is 0.272 e. The van der Waals surface area contributed by atoms with Crippen molar-refractivity contribution < 1.29 is 14.0 Å². The molecular weight excluding hydrogens is 416 g/mol. The Hall–Kier alpha value is -3.35. The van der Waals surface area contributed by atoms with Crippen LogP contribution in [0.1, 0.15) is 43.1 Å². The summed E-state index contributed by atoms with van der Waals surface area (Å²) in [7, 11) is 0. The SMILES string of the molecule is CC1CCCN(C(=O)C2CCN(C(=O)c3cc(-c4ccco4)nn3-c3ccccc3)CC2)C1. The van der Waals surface area contributed by atoms with Crippen LogP contribution in [0.2, 0.25) is 0 Å². The molecule has 7 heteroatoms. The molecule has 1 aromatic carbocycles. The van der Waals surface area contributed by atoms with Crippen LogP contribution < -0.4 is 0 Å². The molecule has 5 rings (SSSR count). The van der Waals surface area contributed by atoms with E-state index in [1.54, 1.807) is 17.0 Å². The summed E-state index contributed by atoms with van der Waals surface area (Å²) in [5.74, 6) is 1.41. The summed E-state index contributed by atoms with van der Waals surface area (Å²) in [5, 5.41) is 4.66. The van der Waals surface area contributed by atoms with Gasteiger partial charge in [0.15, 0.2) is 5.76 Å². The number of hydrogen-bond acceptors (Lipinski definition) is 4. The van der Waals surface area contributed by atoms with Crippen molar-refractivity contribution in [3.63, 3.8) is 0 Å². The molecule has 3 aromatic rings. The van der Waals surface area contributed by atoms with Crippen molar-refractivity contribution in [3.05, 3.63) is 60.5 Å². The van der Waals surface area contributed by atoms with Gasteiger partial charge in [0.1, 0.15) is 11.4 Å². The van der Waals surface area contributed by atoms with Crippen molar-refractivity contribution in [2.24, 2.45) is 11.8 Å². The quantitative estimate of drug-likeness (QED) is 0.601. The second-order valence-electron chi connectivity index (χ2n) is 9.24. The first-order valence-electron chi connectivity index (χ1n) is 11.9. The molecule has 0 bridgehead atoms. The Bertz CT molecular complexity index is 1100. The number of likely N-dealkylation sites (tertiary alicyclic amines) is 2. The first-order valence-corrected chi connectivity index (χ1v) is 11.9. The van der Waals surface area contributed by atoms with Crippen molar-refractivity contribution >= 4 is 11.8 Å². The van der Waals surface area contributed by atoms with E-state index in [9.17, 15) is 9.59 Å². The van der Waals surface area contributed by atoms with Crippen molar-refractivity contribution in [2.75, 3.05) is 26.2 Å². The Kier molecular flexibility index (Phi) is 6.03. The average Bonchev–Trinajstić information content (AvgIpc) is 3.54. The van der Waals surface area contributed by atoms with E-state index in [0.29, 0.717) is 49.0 Å². The van der Waals surface area contributed by atoms with E-state index >= 15 is 0 Å². The molecule has 0 saturated carbocycles. The minimum atomic E-state index is -0.0679. The molecule has 1 unspecified atom stereocenters. The number of amides is 2. The van der Waals surface area contributed by atoms with Crippen LogP contribution in [-0.4, -0.2) is 57.6 Å². The number of furan rings is 1. The molecule has 2 fully saturated rings. The summed E-state index contributed by atoms with van der Waals surface area (Å²) in [6.45, 7) is 5.11. The highest BCUT2D eigenvalue weighted by atomic mass is 16.3. The first kappa shape index (κ1) is 21.5. The lowest BCUT2D eigenvalue weighted by Crippen LogP contribution is -2.47. The second kappa shape index (κ2) is 9.25. The zero-order chi connectivity index (χ0) is 22.8. The standard InChI is InChI=1S/C26H30N4O3/c1-19-7-5-13-29(18-19)25(31)20-11-14-28(15-12-20)26(32)23-17-22(24-10-6-16-33-24)27-30(23)21-8-3-2-4-9-21/h2-4,6,8-10,16-17,19-20H,5,7,11-15,18H2,1H3. The topological polar surface area (TPSA) is 71.6 Å². The van der Waals surface area contributed by atoms with Crippen LogP contribution in [-0.2, 0) is 4.79 Å². The van der Waals surface area contributed by atoms with E-state index in [4.69, 9.17) is 4.42 Å². The van der Waals surface area contributed by atoms with Gasteiger partial charge in [0.05, 0.1) is 12.0 Å². The molecule has 4 heterocycles.